The quantitative estimate of drug-likeness (QED) is 0.705. The lowest BCUT2D eigenvalue weighted by molar-refractivity contribution is 0.100. The molecule has 0 saturated heterocycles. The number of nitrogen functional groups attached to an aromatic ring is 1. The van der Waals surface area contributed by atoms with E-state index >= 15 is 0 Å². The number of nitrogens with one attached hydrogen (secondary N) is 1. The van der Waals surface area contributed by atoms with Crippen molar-refractivity contribution in [3.05, 3.63) is 50.4 Å². The third kappa shape index (κ3) is 3.17. The molecule has 0 spiro atoms. The second kappa shape index (κ2) is 5.91. The fourth-order valence-corrected chi connectivity index (χ4v) is 2.73. The second-order valence-corrected chi connectivity index (χ2v) is 5.74. The molecule has 104 valence electrons. The van der Waals surface area contributed by atoms with E-state index in [-0.39, 0.29) is 5.56 Å². The Bertz CT molecular complexity index is 692. The molecular weight excluding hydrogens is 365 g/mol. The molecule has 0 aliphatic rings. The summed E-state index contributed by atoms with van der Waals surface area (Å²) in [7, 11) is 0. The van der Waals surface area contributed by atoms with Crippen molar-refractivity contribution in [2.75, 3.05) is 11.1 Å². The van der Waals surface area contributed by atoms with E-state index in [1.807, 2.05) is 0 Å². The summed E-state index contributed by atoms with van der Waals surface area (Å²) in [6.07, 6.45) is 0. The van der Waals surface area contributed by atoms with E-state index in [1.54, 1.807) is 24.3 Å². The molecule has 20 heavy (non-hydrogen) atoms. The van der Waals surface area contributed by atoms with Gasteiger partial charge in [0.05, 0.1) is 22.0 Å². The molecule has 2 aromatic rings. The monoisotopic (exact) mass is 373 g/mol. The number of carbonyl (C=O) groups is 1. The SMILES string of the molecule is NC(=O)c1cc(N)cc(Cl)c1Nc1ccc(Cl)cc1Br. The van der Waals surface area contributed by atoms with Crippen LogP contribution in [-0.4, -0.2) is 5.91 Å². The number of rotatable bonds is 3. The van der Waals surface area contributed by atoms with Gasteiger partial charge in [0.15, 0.2) is 0 Å². The molecule has 0 aliphatic heterocycles. The zero-order chi connectivity index (χ0) is 14.9. The van der Waals surface area contributed by atoms with Gasteiger partial charge in [-0.15, -0.1) is 0 Å². The summed E-state index contributed by atoms with van der Waals surface area (Å²) in [5, 5.41) is 3.94. The standard InChI is InChI=1S/C13H10BrCl2N3O/c14-9-3-6(15)1-2-11(9)19-12-8(13(18)20)4-7(17)5-10(12)16/h1-5,19H,17H2,(H2,18,20). The van der Waals surface area contributed by atoms with Gasteiger partial charge in [0, 0.05) is 15.2 Å². The van der Waals surface area contributed by atoms with E-state index in [1.165, 1.54) is 6.07 Å². The molecular formula is C13H10BrCl2N3O. The van der Waals surface area contributed by atoms with Crippen molar-refractivity contribution in [1.29, 1.82) is 0 Å². The highest BCUT2D eigenvalue weighted by Gasteiger charge is 2.14. The van der Waals surface area contributed by atoms with E-state index in [2.05, 4.69) is 21.2 Å². The maximum absolute atomic E-state index is 11.5. The molecule has 0 unspecified atom stereocenters. The Kier molecular flexibility index (Phi) is 4.42. The number of hydrogen-bond donors (Lipinski definition) is 3. The van der Waals surface area contributed by atoms with E-state index in [0.717, 1.165) is 4.47 Å². The summed E-state index contributed by atoms with van der Waals surface area (Å²) in [5.41, 5.74) is 12.7. The summed E-state index contributed by atoms with van der Waals surface area (Å²) >= 11 is 15.4. The summed E-state index contributed by atoms with van der Waals surface area (Å²) in [5.74, 6) is -0.619. The minimum atomic E-state index is -0.619. The van der Waals surface area contributed by atoms with Crippen LogP contribution >= 0.6 is 39.1 Å². The summed E-state index contributed by atoms with van der Waals surface area (Å²) < 4.78 is 0.730. The van der Waals surface area contributed by atoms with E-state index in [0.29, 0.717) is 27.1 Å². The minimum Gasteiger partial charge on any atom is -0.399 e. The molecule has 0 radical (unpaired) electrons. The zero-order valence-corrected chi connectivity index (χ0v) is 13.2. The van der Waals surface area contributed by atoms with Gasteiger partial charge in [0.25, 0.3) is 5.91 Å². The van der Waals surface area contributed by atoms with Crippen LogP contribution in [-0.2, 0) is 0 Å². The first-order valence-corrected chi connectivity index (χ1v) is 7.04. The summed E-state index contributed by atoms with van der Waals surface area (Å²) in [6, 6.07) is 8.20. The lowest BCUT2D eigenvalue weighted by Gasteiger charge is -2.14. The Morgan fingerprint density at radius 3 is 2.50 bits per heavy atom. The molecule has 0 aromatic heterocycles. The Morgan fingerprint density at radius 2 is 1.90 bits per heavy atom. The number of hydrogen-bond acceptors (Lipinski definition) is 3. The van der Waals surface area contributed by atoms with E-state index in [4.69, 9.17) is 34.7 Å². The normalized spacial score (nSPS) is 10.3. The average Bonchev–Trinajstić information content (AvgIpc) is 2.34. The molecule has 0 aliphatic carbocycles. The van der Waals surface area contributed by atoms with Crippen molar-refractivity contribution in [2.24, 2.45) is 5.73 Å². The average molecular weight is 375 g/mol. The van der Waals surface area contributed by atoms with Gasteiger partial charge in [-0.1, -0.05) is 23.2 Å². The predicted molar refractivity (Wildman–Crippen MR) is 86.8 cm³/mol. The largest absolute Gasteiger partial charge is 0.399 e. The van der Waals surface area contributed by atoms with Crippen LogP contribution in [0.4, 0.5) is 17.1 Å². The fourth-order valence-electron chi connectivity index (χ4n) is 1.67. The molecule has 5 N–H and O–H groups in total. The third-order valence-corrected chi connectivity index (χ3v) is 3.76. The van der Waals surface area contributed by atoms with Gasteiger partial charge in [-0.2, -0.15) is 0 Å². The Morgan fingerprint density at radius 1 is 1.20 bits per heavy atom. The number of halogens is 3. The molecule has 2 rings (SSSR count). The van der Waals surface area contributed by atoms with Crippen molar-refractivity contribution in [2.45, 2.75) is 0 Å². The maximum atomic E-state index is 11.5. The lowest BCUT2D eigenvalue weighted by atomic mass is 10.1. The van der Waals surface area contributed by atoms with Gasteiger partial charge < -0.3 is 16.8 Å². The topological polar surface area (TPSA) is 81.1 Å². The highest BCUT2D eigenvalue weighted by Crippen LogP contribution is 2.35. The van der Waals surface area contributed by atoms with Crippen LogP contribution in [0.3, 0.4) is 0 Å². The molecule has 1 amide bonds. The number of nitrogens with two attached hydrogens (primary N) is 2. The Hall–Kier alpha value is -1.43. The third-order valence-electron chi connectivity index (χ3n) is 2.57. The van der Waals surface area contributed by atoms with Crippen molar-refractivity contribution in [3.8, 4) is 0 Å². The number of carbonyl (C=O) groups excluding carboxylic acids is 1. The van der Waals surface area contributed by atoms with Crippen molar-refractivity contribution >= 4 is 62.1 Å². The van der Waals surface area contributed by atoms with Crippen LogP contribution in [0.2, 0.25) is 10.0 Å². The van der Waals surface area contributed by atoms with Crippen LogP contribution in [0.1, 0.15) is 10.4 Å². The molecule has 0 bridgehead atoms. The van der Waals surface area contributed by atoms with Gasteiger partial charge in [-0.3, -0.25) is 4.79 Å². The van der Waals surface area contributed by atoms with E-state index < -0.39 is 5.91 Å². The van der Waals surface area contributed by atoms with Crippen molar-refractivity contribution in [1.82, 2.24) is 0 Å². The fraction of sp³-hybridized carbons (Fsp3) is 0. The first-order valence-electron chi connectivity index (χ1n) is 5.49. The van der Waals surface area contributed by atoms with Crippen LogP contribution < -0.4 is 16.8 Å². The van der Waals surface area contributed by atoms with Gasteiger partial charge in [0.1, 0.15) is 0 Å². The lowest BCUT2D eigenvalue weighted by Crippen LogP contribution is -2.14. The molecule has 7 heteroatoms. The molecule has 2 aromatic carbocycles. The molecule has 0 atom stereocenters. The zero-order valence-electron chi connectivity index (χ0n) is 10.1. The number of primary amides is 1. The second-order valence-electron chi connectivity index (χ2n) is 4.04. The predicted octanol–water partition coefficient (Wildman–Crippen LogP) is 4.18. The Labute approximate surface area is 134 Å². The molecule has 0 fully saturated rings. The highest BCUT2D eigenvalue weighted by molar-refractivity contribution is 9.10. The number of anilines is 3. The molecule has 0 saturated carbocycles. The number of amides is 1. The van der Waals surface area contributed by atoms with Gasteiger partial charge in [-0.25, -0.2) is 0 Å². The minimum absolute atomic E-state index is 0.219. The Balaban J connectivity index is 2.50. The van der Waals surface area contributed by atoms with Gasteiger partial charge >= 0.3 is 0 Å². The van der Waals surface area contributed by atoms with E-state index in [9.17, 15) is 4.79 Å². The van der Waals surface area contributed by atoms with Crippen LogP contribution in [0, 0.1) is 0 Å². The maximum Gasteiger partial charge on any atom is 0.250 e. The summed E-state index contributed by atoms with van der Waals surface area (Å²) in [4.78, 5) is 11.5. The summed E-state index contributed by atoms with van der Waals surface area (Å²) in [6.45, 7) is 0. The van der Waals surface area contributed by atoms with Crippen LogP contribution in [0.5, 0.6) is 0 Å². The van der Waals surface area contributed by atoms with Crippen LogP contribution in [0.15, 0.2) is 34.8 Å². The van der Waals surface area contributed by atoms with Gasteiger partial charge in [-0.05, 0) is 46.3 Å². The molecule has 0 heterocycles. The highest BCUT2D eigenvalue weighted by atomic mass is 79.9. The first kappa shape index (κ1) is 15.0. The van der Waals surface area contributed by atoms with Crippen LogP contribution in [0.25, 0.3) is 0 Å². The molecule has 4 nitrogen and oxygen atoms in total. The van der Waals surface area contributed by atoms with Crippen molar-refractivity contribution < 1.29 is 4.79 Å². The first-order chi connectivity index (χ1) is 9.38. The van der Waals surface area contributed by atoms with Crippen molar-refractivity contribution in [3.63, 3.8) is 0 Å². The number of benzene rings is 2. The smallest absolute Gasteiger partial charge is 0.250 e. The van der Waals surface area contributed by atoms with Gasteiger partial charge in [0.2, 0.25) is 0 Å².